The van der Waals surface area contributed by atoms with Gasteiger partial charge < -0.3 is 4.74 Å². The number of nitrogens with zero attached hydrogens (tertiary/aromatic N) is 1. The van der Waals surface area contributed by atoms with E-state index in [4.69, 9.17) is 4.74 Å². The Morgan fingerprint density at radius 2 is 2.07 bits per heavy atom. The molecule has 1 atom stereocenters. The van der Waals surface area contributed by atoms with E-state index in [0.29, 0.717) is 5.57 Å². The Balaban J connectivity index is 4.09. The van der Waals surface area contributed by atoms with Crippen LogP contribution in [-0.2, 0) is 9.53 Å². The van der Waals surface area contributed by atoms with Crippen molar-refractivity contribution in [1.82, 2.24) is 4.90 Å². The molecule has 0 saturated heterocycles. The Kier molecular flexibility index (Phi) is 6.21. The van der Waals surface area contributed by atoms with Crippen LogP contribution < -0.4 is 0 Å². The van der Waals surface area contributed by atoms with Crippen molar-refractivity contribution in [3.05, 3.63) is 12.2 Å². The van der Waals surface area contributed by atoms with E-state index in [0.717, 1.165) is 19.5 Å². The van der Waals surface area contributed by atoms with Gasteiger partial charge in [-0.1, -0.05) is 20.4 Å². The fourth-order valence-corrected chi connectivity index (χ4v) is 1.21. The summed E-state index contributed by atoms with van der Waals surface area (Å²) >= 11 is 0. The van der Waals surface area contributed by atoms with Gasteiger partial charge in [-0.3, -0.25) is 4.90 Å². The van der Waals surface area contributed by atoms with Crippen molar-refractivity contribution in [2.75, 3.05) is 13.1 Å². The Bertz CT molecular complexity index is 201. The van der Waals surface area contributed by atoms with Gasteiger partial charge in [0.25, 0.3) is 0 Å². The average Bonchev–Trinajstić information content (AvgIpc) is 2.13. The zero-order chi connectivity index (χ0) is 11.1. The molecule has 14 heavy (non-hydrogen) atoms. The van der Waals surface area contributed by atoms with Crippen LogP contribution in [0.5, 0.6) is 0 Å². The van der Waals surface area contributed by atoms with Crippen molar-refractivity contribution in [2.24, 2.45) is 0 Å². The molecule has 0 amide bonds. The highest BCUT2D eigenvalue weighted by Crippen LogP contribution is 2.04. The first kappa shape index (κ1) is 13.2. The van der Waals surface area contributed by atoms with E-state index >= 15 is 0 Å². The summed E-state index contributed by atoms with van der Waals surface area (Å²) in [5.41, 5.74) is 0.449. The van der Waals surface area contributed by atoms with Crippen LogP contribution in [0.4, 0.5) is 0 Å². The zero-order valence-electron chi connectivity index (χ0n) is 9.67. The second-order valence-electron chi connectivity index (χ2n) is 3.41. The van der Waals surface area contributed by atoms with Gasteiger partial charge in [-0.15, -0.1) is 0 Å². The van der Waals surface area contributed by atoms with Gasteiger partial charge >= 0.3 is 5.97 Å². The molecule has 0 aromatic heterocycles. The summed E-state index contributed by atoms with van der Waals surface area (Å²) in [4.78, 5) is 13.3. The maximum Gasteiger partial charge on any atom is 0.334 e. The van der Waals surface area contributed by atoms with Crippen LogP contribution in [0.2, 0.25) is 0 Å². The van der Waals surface area contributed by atoms with Gasteiger partial charge in [-0.05, 0) is 26.8 Å². The molecule has 0 heterocycles. The van der Waals surface area contributed by atoms with Gasteiger partial charge in [-0.2, -0.15) is 0 Å². The van der Waals surface area contributed by atoms with E-state index in [9.17, 15) is 4.79 Å². The predicted molar refractivity (Wildman–Crippen MR) is 57.9 cm³/mol. The molecule has 82 valence electrons. The molecule has 0 bridgehead atoms. The number of esters is 1. The molecule has 0 aliphatic carbocycles. The monoisotopic (exact) mass is 199 g/mol. The van der Waals surface area contributed by atoms with E-state index in [1.54, 1.807) is 6.92 Å². The van der Waals surface area contributed by atoms with Crippen molar-refractivity contribution in [3.8, 4) is 0 Å². The SMILES string of the molecule is C=C(C)C(=O)OC(C)N(CC)CCC. The van der Waals surface area contributed by atoms with Crippen molar-refractivity contribution in [2.45, 2.75) is 40.3 Å². The van der Waals surface area contributed by atoms with Gasteiger partial charge in [0.05, 0.1) is 0 Å². The van der Waals surface area contributed by atoms with Crippen molar-refractivity contribution >= 4 is 5.97 Å². The number of carbonyl (C=O) groups is 1. The van der Waals surface area contributed by atoms with E-state index in [1.807, 2.05) is 6.92 Å². The molecule has 0 aromatic rings. The number of rotatable bonds is 6. The minimum Gasteiger partial charge on any atom is -0.443 e. The summed E-state index contributed by atoms with van der Waals surface area (Å²) in [6.45, 7) is 13.1. The molecule has 0 aliphatic rings. The Labute approximate surface area is 86.7 Å². The summed E-state index contributed by atoms with van der Waals surface area (Å²) in [7, 11) is 0. The molecule has 0 rings (SSSR count). The Hall–Kier alpha value is -0.830. The summed E-state index contributed by atoms with van der Waals surface area (Å²) in [5, 5.41) is 0. The highest BCUT2D eigenvalue weighted by Gasteiger charge is 2.15. The largest absolute Gasteiger partial charge is 0.443 e. The standard InChI is InChI=1S/C11H21NO2/c1-6-8-12(7-2)10(5)14-11(13)9(3)4/h10H,3,6-8H2,1-2,4-5H3. The first-order valence-electron chi connectivity index (χ1n) is 5.13. The first-order valence-corrected chi connectivity index (χ1v) is 5.13. The topological polar surface area (TPSA) is 29.5 Å². The molecule has 0 saturated carbocycles. The third kappa shape index (κ3) is 4.42. The minimum absolute atomic E-state index is 0.163. The summed E-state index contributed by atoms with van der Waals surface area (Å²) < 4.78 is 5.20. The molecule has 0 fully saturated rings. The highest BCUT2D eigenvalue weighted by atomic mass is 16.6. The van der Waals surface area contributed by atoms with Crippen LogP contribution in [-0.4, -0.2) is 30.2 Å². The molecule has 0 aromatic carbocycles. The molecule has 3 heteroatoms. The van der Waals surface area contributed by atoms with Crippen LogP contribution in [0.1, 0.15) is 34.1 Å². The predicted octanol–water partition coefficient (Wildman–Crippen LogP) is 2.18. The van der Waals surface area contributed by atoms with E-state index in [1.165, 1.54) is 0 Å². The smallest absolute Gasteiger partial charge is 0.334 e. The first-order chi connectivity index (χ1) is 6.52. The van der Waals surface area contributed by atoms with Crippen molar-refractivity contribution in [1.29, 1.82) is 0 Å². The number of carbonyl (C=O) groups excluding carboxylic acids is 1. The Morgan fingerprint density at radius 3 is 2.43 bits per heavy atom. The fraction of sp³-hybridized carbons (Fsp3) is 0.727. The van der Waals surface area contributed by atoms with Gasteiger partial charge in [-0.25, -0.2) is 4.79 Å². The van der Waals surface area contributed by atoms with Crippen LogP contribution in [0.3, 0.4) is 0 Å². The maximum atomic E-state index is 11.2. The van der Waals surface area contributed by atoms with Crippen LogP contribution in [0.15, 0.2) is 12.2 Å². The molecule has 0 aliphatic heterocycles. The lowest BCUT2D eigenvalue weighted by Crippen LogP contribution is -2.37. The summed E-state index contributed by atoms with van der Waals surface area (Å²) in [5.74, 6) is -0.313. The molecule has 3 nitrogen and oxygen atoms in total. The molecule has 0 radical (unpaired) electrons. The van der Waals surface area contributed by atoms with Crippen LogP contribution in [0, 0.1) is 0 Å². The van der Waals surface area contributed by atoms with Gasteiger partial charge in [0, 0.05) is 12.1 Å². The zero-order valence-corrected chi connectivity index (χ0v) is 9.67. The van der Waals surface area contributed by atoms with Crippen molar-refractivity contribution < 1.29 is 9.53 Å². The molecule has 1 unspecified atom stereocenters. The number of ether oxygens (including phenoxy) is 1. The Morgan fingerprint density at radius 1 is 1.50 bits per heavy atom. The van der Waals surface area contributed by atoms with E-state index in [-0.39, 0.29) is 12.2 Å². The lowest BCUT2D eigenvalue weighted by Gasteiger charge is -2.26. The third-order valence-electron chi connectivity index (χ3n) is 2.06. The molecular weight excluding hydrogens is 178 g/mol. The maximum absolute atomic E-state index is 11.2. The van der Waals surface area contributed by atoms with Crippen LogP contribution >= 0.6 is 0 Å². The molecule has 0 N–H and O–H groups in total. The molecular formula is C11H21NO2. The van der Waals surface area contributed by atoms with E-state index < -0.39 is 0 Å². The fourth-order valence-electron chi connectivity index (χ4n) is 1.21. The van der Waals surface area contributed by atoms with Crippen LogP contribution in [0.25, 0.3) is 0 Å². The lowest BCUT2D eigenvalue weighted by molar-refractivity contribution is -0.152. The van der Waals surface area contributed by atoms with Gasteiger partial charge in [0.15, 0.2) is 6.23 Å². The third-order valence-corrected chi connectivity index (χ3v) is 2.06. The second kappa shape index (κ2) is 6.60. The highest BCUT2D eigenvalue weighted by molar-refractivity contribution is 5.87. The second-order valence-corrected chi connectivity index (χ2v) is 3.41. The van der Waals surface area contributed by atoms with Gasteiger partial charge in [0.1, 0.15) is 0 Å². The minimum atomic E-state index is -0.313. The molecule has 0 spiro atoms. The number of hydrogen-bond donors (Lipinski definition) is 0. The normalized spacial score (nSPS) is 12.6. The van der Waals surface area contributed by atoms with Crippen molar-refractivity contribution in [3.63, 3.8) is 0 Å². The summed E-state index contributed by atoms with van der Waals surface area (Å²) in [6, 6.07) is 0. The quantitative estimate of drug-likeness (QED) is 0.373. The lowest BCUT2D eigenvalue weighted by atomic mass is 10.3. The average molecular weight is 199 g/mol. The summed E-state index contributed by atoms with van der Waals surface area (Å²) in [6.07, 6.45) is 0.896. The van der Waals surface area contributed by atoms with Gasteiger partial charge in [0.2, 0.25) is 0 Å². The number of hydrogen-bond acceptors (Lipinski definition) is 3. The van der Waals surface area contributed by atoms with E-state index in [2.05, 4.69) is 25.3 Å².